The molecule has 7 heteroatoms. The first-order chi connectivity index (χ1) is 12.0. The van der Waals surface area contributed by atoms with Crippen LogP contribution in [0, 0.1) is 0 Å². The number of hydrogen-bond donors (Lipinski definition) is 1. The molecule has 1 aliphatic rings. The van der Waals surface area contributed by atoms with Crippen LogP contribution in [0.4, 0.5) is 5.95 Å². The van der Waals surface area contributed by atoms with E-state index in [1.807, 2.05) is 36.4 Å². The zero-order valence-corrected chi connectivity index (χ0v) is 14.6. The van der Waals surface area contributed by atoms with Crippen LogP contribution < -0.4 is 4.72 Å². The van der Waals surface area contributed by atoms with Crippen molar-refractivity contribution in [3.8, 4) is 11.1 Å². The Morgan fingerprint density at radius 1 is 1.00 bits per heavy atom. The standard InChI is InChI=1S/C18H18N4O2S/c1-22-17(14-10-11-14)19-20-18(22)21-25(23,24)16-9-5-8-15(12-16)13-6-3-2-4-7-13/h2-9,12,14H,10-11H2,1H3,(H,20,21). The molecular formula is C18H18N4O2S. The van der Waals surface area contributed by atoms with E-state index < -0.39 is 10.0 Å². The molecule has 1 heterocycles. The van der Waals surface area contributed by atoms with Crippen molar-refractivity contribution in [1.82, 2.24) is 14.8 Å². The number of aromatic nitrogens is 3. The maximum absolute atomic E-state index is 12.7. The van der Waals surface area contributed by atoms with Gasteiger partial charge in [0.15, 0.2) is 0 Å². The van der Waals surface area contributed by atoms with Crippen LogP contribution in [0.25, 0.3) is 11.1 Å². The SMILES string of the molecule is Cn1c(NS(=O)(=O)c2cccc(-c3ccccc3)c2)nnc1C1CC1. The summed E-state index contributed by atoms with van der Waals surface area (Å²) in [6.45, 7) is 0. The van der Waals surface area contributed by atoms with Crippen LogP contribution in [0.5, 0.6) is 0 Å². The molecule has 0 unspecified atom stereocenters. The van der Waals surface area contributed by atoms with Crippen molar-refractivity contribution in [2.24, 2.45) is 7.05 Å². The fraction of sp³-hybridized carbons (Fsp3) is 0.222. The minimum Gasteiger partial charge on any atom is -0.300 e. The van der Waals surface area contributed by atoms with Crippen LogP contribution in [0.15, 0.2) is 59.5 Å². The molecule has 1 aromatic heterocycles. The molecule has 1 saturated carbocycles. The normalized spacial score (nSPS) is 14.4. The summed E-state index contributed by atoms with van der Waals surface area (Å²) in [5.41, 5.74) is 1.81. The molecule has 0 radical (unpaired) electrons. The maximum atomic E-state index is 12.7. The molecule has 0 spiro atoms. The number of benzene rings is 2. The molecule has 6 nitrogen and oxygen atoms in total. The lowest BCUT2D eigenvalue weighted by Crippen LogP contribution is -2.16. The third-order valence-electron chi connectivity index (χ3n) is 4.33. The first kappa shape index (κ1) is 15.8. The van der Waals surface area contributed by atoms with Gasteiger partial charge in [-0.2, -0.15) is 0 Å². The van der Waals surface area contributed by atoms with Gasteiger partial charge in [0.25, 0.3) is 10.0 Å². The summed E-state index contributed by atoms with van der Waals surface area (Å²) in [5.74, 6) is 1.47. The van der Waals surface area contributed by atoms with E-state index in [0.29, 0.717) is 5.92 Å². The van der Waals surface area contributed by atoms with Gasteiger partial charge in [-0.15, -0.1) is 10.2 Å². The highest BCUT2D eigenvalue weighted by Crippen LogP contribution is 2.39. The van der Waals surface area contributed by atoms with Gasteiger partial charge in [-0.1, -0.05) is 42.5 Å². The Labute approximate surface area is 146 Å². The second-order valence-electron chi connectivity index (χ2n) is 6.21. The highest BCUT2D eigenvalue weighted by atomic mass is 32.2. The van der Waals surface area contributed by atoms with Crippen molar-refractivity contribution in [2.75, 3.05) is 4.72 Å². The summed E-state index contributed by atoms with van der Waals surface area (Å²) in [6, 6.07) is 16.5. The lowest BCUT2D eigenvalue weighted by atomic mass is 10.1. The second kappa shape index (κ2) is 6.00. The van der Waals surface area contributed by atoms with E-state index in [1.165, 1.54) is 0 Å². The first-order valence-electron chi connectivity index (χ1n) is 8.12. The van der Waals surface area contributed by atoms with Gasteiger partial charge in [-0.3, -0.25) is 4.57 Å². The Bertz CT molecular complexity index is 1010. The summed E-state index contributed by atoms with van der Waals surface area (Å²) in [7, 11) is -1.95. The summed E-state index contributed by atoms with van der Waals surface area (Å²) >= 11 is 0. The van der Waals surface area contributed by atoms with E-state index in [1.54, 1.807) is 29.8 Å². The number of hydrogen-bond acceptors (Lipinski definition) is 4. The van der Waals surface area contributed by atoms with Crippen LogP contribution >= 0.6 is 0 Å². The Balaban J connectivity index is 1.64. The zero-order chi connectivity index (χ0) is 17.4. The molecule has 2 aromatic carbocycles. The second-order valence-corrected chi connectivity index (χ2v) is 7.90. The third-order valence-corrected chi connectivity index (χ3v) is 5.65. The van der Waals surface area contributed by atoms with Crippen molar-refractivity contribution in [1.29, 1.82) is 0 Å². The highest BCUT2D eigenvalue weighted by Gasteiger charge is 2.30. The van der Waals surface area contributed by atoms with E-state index in [9.17, 15) is 8.42 Å². The van der Waals surface area contributed by atoms with Gasteiger partial charge in [-0.25, -0.2) is 13.1 Å². The van der Waals surface area contributed by atoms with Gasteiger partial charge in [0, 0.05) is 13.0 Å². The van der Waals surface area contributed by atoms with Crippen molar-refractivity contribution in [3.05, 3.63) is 60.4 Å². The van der Waals surface area contributed by atoms with Crippen LogP contribution in [0.2, 0.25) is 0 Å². The van der Waals surface area contributed by atoms with Gasteiger partial charge in [0.2, 0.25) is 5.95 Å². The summed E-state index contributed by atoms with van der Waals surface area (Å²) in [6.07, 6.45) is 2.16. The van der Waals surface area contributed by atoms with Gasteiger partial charge < -0.3 is 0 Å². The van der Waals surface area contributed by atoms with Crippen LogP contribution in [-0.2, 0) is 17.1 Å². The molecule has 3 aromatic rings. The van der Waals surface area contributed by atoms with Crippen molar-refractivity contribution in [2.45, 2.75) is 23.7 Å². The third kappa shape index (κ3) is 3.15. The van der Waals surface area contributed by atoms with Crippen LogP contribution in [-0.4, -0.2) is 23.2 Å². The molecule has 4 rings (SSSR count). The first-order valence-corrected chi connectivity index (χ1v) is 9.60. The van der Waals surface area contributed by atoms with Gasteiger partial charge in [0.05, 0.1) is 4.90 Å². The van der Waals surface area contributed by atoms with E-state index in [2.05, 4.69) is 14.9 Å². The molecule has 0 amide bonds. The molecule has 1 N–H and O–H groups in total. The van der Waals surface area contributed by atoms with E-state index in [0.717, 1.165) is 29.8 Å². The fourth-order valence-electron chi connectivity index (χ4n) is 2.78. The van der Waals surface area contributed by atoms with Crippen molar-refractivity contribution in [3.63, 3.8) is 0 Å². The molecule has 0 atom stereocenters. The predicted octanol–water partition coefficient (Wildman–Crippen LogP) is 3.16. The topological polar surface area (TPSA) is 76.9 Å². The van der Waals surface area contributed by atoms with Crippen LogP contribution in [0.3, 0.4) is 0 Å². The molecule has 0 aliphatic heterocycles. The van der Waals surface area contributed by atoms with E-state index in [-0.39, 0.29) is 10.8 Å². The Morgan fingerprint density at radius 2 is 1.72 bits per heavy atom. The number of rotatable bonds is 5. The van der Waals surface area contributed by atoms with E-state index in [4.69, 9.17) is 0 Å². The number of nitrogens with zero attached hydrogens (tertiary/aromatic N) is 3. The molecule has 25 heavy (non-hydrogen) atoms. The quantitative estimate of drug-likeness (QED) is 0.763. The molecule has 0 bridgehead atoms. The summed E-state index contributed by atoms with van der Waals surface area (Å²) in [4.78, 5) is 0.199. The maximum Gasteiger partial charge on any atom is 0.264 e. The smallest absolute Gasteiger partial charge is 0.264 e. The Kier molecular flexibility index (Phi) is 3.80. The lowest BCUT2D eigenvalue weighted by Gasteiger charge is -2.09. The number of sulfonamides is 1. The number of anilines is 1. The monoisotopic (exact) mass is 354 g/mol. The summed E-state index contributed by atoms with van der Waals surface area (Å²) < 4.78 is 29.7. The average Bonchev–Trinajstić information content (AvgIpc) is 3.41. The molecule has 128 valence electrons. The Hall–Kier alpha value is -2.67. The highest BCUT2D eigenvalue weighted by molar-refractivity contribution is 7.92. The lowest BCUT2D eigenvalue weighted by molar-refractivity contribution is 0.600. The average molecular weight is 354 g/mol. The molecule has 0 saturated heterocycles. The molecule has 1 aliphatic carbocycles. The van der Waals surface area contributed by atoms with Gasteiger partial charge in [0.1, 0.15) is 5.82 Å². The van der Waals surface area contributed by atoms with Gasteiger partial charge in [-0.05, 0) is 36.1 Å². The van der Waals surface area contributed by atoms with E-state index >= 15 is 0 Å². The molecule has 1 fully saturated rings. The minimum absolute atomic E-state index is 0.199. The van der Waals surface area contributed by atoms with Crippen molar-refractivity contribution >= 4 is 16.0 Å². The van der Waals surface area contributed by atoms with Gasteiger partial charge >= 0.3 is 0 Å². The fourth-order valence-corrected chi connectivity index (χ4v) is 3.86. The Morgan fingerprint density at radius 3 is 2.44 bits per heavy atom. The van der Waals surface area contributed by atoms with Crippen molar-refractivity contribution < 1.29 is 8.42 Å². The minimum atomic E-state index is -3.73. The largest absolute Gasteiger partial charge is 0.300 e. The molecular weight excluding hydrogens is 336 g/mol. The zero-order valence-electron chi connectivity index (χ0n) is 13.8. The summed E-state index contributed by atoms with van der Waals surface area (Å²) in [5, 5.41) is 8.10. The number of nitrogens with one attached hydrogen (secondary N) is 1. The predicted molar refractivity (Wildman–Crippen MR) is 95.7 cm³/mol. The van der Waals surface area contributed by atoms with Crippen LogP contribution in [0.1, 0.15) is 24.6 Å².